The average Bonchev–Trinajstić information content (AvgIpc) is 2.67. The van der Waals surface area contributed by atoms with Gasteiger partial charge in [-0.1, -0.05) is 27.7 Å². The molecule has 0 aromatic carbocycles. The number of rotatable bonds is 0. The molecule has 0 N–H and O–H groups in total. The van der Waals surface area contributed by atoms with Gasteiger partial charge in [-0.15, -0.1) is 0 Å². The summed E-state index contributed by atoms with van der Waals surface area (Å²) in [5.74, 6) is 1.18. The first-order valence-corrected chi connectivity index (χ1v) is 5.89. The third-order valence-corrected chi connectivity index (χ3v) is 2.20. The lowest BCUT2D eigenvalue weighted by atomic mass is 10.1. The standard InChI is InChI=1S/C8H12N2.2C2H6/c1-7-9-6-8-4-2-3-5-10(7)8;2*1-2/h6H,2-5H2,1H3;2*1-2H3. The van der Waals surface area contributed by atoms with Crippen molar-refractivity contribution < 1.29 is 0 Å². The van der Waals surface area contributed by atoms with E-state index in [2.05, 4.69) is 16.5 Å². The molecule has 14 heavy (non-hydrogen) atoms. The van der Waals surface area contributed by atoms with Gasteiger partial charge < -0.3 is 4.57 Å². The summed E-state index contributed by atoms with van der Waals surface area (Å²) in [5.41, 5.74) is 1.42. The molecule has 1 aromatic rings. The Kier molecular flexibility index (Phi) is 7.17. The molecule has 0 atom stereocenters. The molecule has 0 fully saturated rings. The van der Waals surface area contributed by atoms with Crippen molar-refractivity contribution in [2.75, 3.05) is 0 Å². The normalized spacial score (nSPS) is 12.9. The SMILES string of the molecule is CC.CC.Cc1ncc2n1CCCC2. The molecule has 2 heteroatoms. The second-order valence-corrected chi connectivity index (χ2v) is 2.91. The van der Waals surface area contributed by atoms with E-state index in [0.29, 0.717) is 0 Å². The molecule has 82 valence electrons. The second-order valence-electron chi connectivity index (χ2n) is 2.91. The van der Waals surface area contributed by atoms with Gasteiger partial charge in [0.1, 0.15) is 5.82 Å². The van der Waals surface area contributed by atoms with Crippen LogP contribution in [0.1, 0.15) is 52.1 Å². The predicted octanol–water partition coefficient (Wildman–Crippen LogP) is 3.58. The van der Waals surface area contributed by atoms with Gasteiger partial charge in [-0.3, -0.25) is 0 Å². The Labute approximate surface area is 88.4 Å². The zero-order valence-electron chi connectivity index (χ0n) is 10.3. The van der Waals surface area contributed by atoms with Gasteiger partial charge >= 0.3 is 0 Å². The van der Waals surface area contributed by atoms with E-state index in [0.717, 1.165) is 0 Å². The van der Waals surface area contributed by atoms with Gasteiger partial charge in [0, 0.05) is 18.4 Å². The van der Waals surface area contributed by atoms with Crippen LogP contribution in [-0.4, -0.2) is 9.55 Å². The molecule has 0 unspecified atom stereocenters. The monoisotopic (exact) mass is 196 g/mol. The topological polar surface area (TPSA) is 17.8 Å². The maximum atomic E-state index is 4.26. The summed E-state index contributed by atoms with van der Waals surface area (Å²) in [6.07, 6.45) is 5.89. The predicted molar refractivity (Wildman–Crippen MR) is 62.6 cm³/mol. The van der Waals surface area contributed by atoms with Gasteiger partial charge in [-0.2, -0.15) is 0 Å². The average molecular weight is 196 g/mol. The minimum absolute atomic E-state index is 1.18. The van der Waals surface area contributed by atoms with Crippen LogP contribution in [0.5, 0.6) is 0 Å². The summed E-state index contributed by atoms with van der Waals surface area (Å²) >= 11 is 0. The first kappa shape index (κ1) is 13.2. The van der Waals surface area contributed by atoms with E-state index in [-0.39, 0.29) is 0 Å². The summed E-state index contributed by atoms with van der Waals surface area (Å²) < 4.78 is 2.32. The van der Waals surface area contributed by atoms with Gasteiger partial charge in [-0.05, 0) is 26.2 Å². The molecule has 0 bridgehead atoms. The van der Waals surface area contributed by atoms with E-state index in [9.17, 15) is 0 Å². The van der Waals surface area contributed by atoms with Crippen LogP contribution >= 0.6 is 0 Å². The molecular weight excluding hydrogens is 172 g/mol. The Morgan fingerprint density at radius 1 is 1.14 bits per heavy atom. The van der Waals surface area contributed by atoms with E-state index in [4.69, 9.17) is 0 Å². The minimum Gasteiger partial charge on any atom is -0.332 e. The smallest absolute Gasteiger partial charge is 0.105 e. The highest BCUT2D eigenvalue weighted by molar-refractivity contribution is 5.06. The third kappa shape index (κ3) is 3.17. The molecule has 0 saturated heterocycles. The Hall–Kier alpha value is -0.790. The highest BCUT2D eigenvalue weighted by Gasteiger charge is 2.09. The summed E-state index contributed by atoms with van der Waals surface area (Å²) in [5, 5.41) is 0. The van der Waals surface area contributed by atoms with Crippen LogP contribution in [0.4, 0.5) is 0 Å². The second kappa shape index (κ2) is 7.60. The van der Waals surface area contributed by atoms with Crippen LogP contribution in [-0.2, 0) is 13.0 Å². The Morgan fingerprint density at radius 2 is 1.79 bits per heavy atom. The third-order valence-electron chi connectivity index (χ3n) is 2.20. The molecule has 0 saturated carbocycles. The lowest BCUT2D eigenvalue weighted by molar-refractivity contribution is 0.522. The maximum Gasteiger partial charge on any atom is 0.105 e. The summed E-state index contributed by atoms with van der Waals surface area (Å²) in [6.45, 7) is 11.3. The van der Waals surface area contributed by atoms with Crippen molar-refractivity contribution in [2.24, 2.45) is 0 Å². The van der Waals surface area contributed by atoms with E-state index in [1.165, 1.54) is 37.3 Å². The van der Waals surface area contributed by atoms with Gasteiger partial charge in [-0.25, -0.2) is 4.98 Å². The first-order chi connectivity index (χ1) is 6.88. The molecule has 0 spiro atoms. The fourth-order valence-electron chi connectivity index (χ4n) is 1.60. The molecule has 2 heterocycles. The van der Waals surface area contributed by atoms with Gasteiger partial charge in [0.2, 0.25) is 0 Å². The van der Waals surface area contributed by atoms with Gasteiger partial charge in [0.15, 0.2) is 0 Å². The van der Waals surface area contributed by atoms with Crippen LogP contribution in [0.15, 0.2) is 6.20 Å². The number of hydrogen-bond donors (Lipinski definition) is 0. The van der Waals surface area contributed by atoms with E-state index in [1.807, 2.05) is 33.9 Å². The number of aromatic nitrogens is 2. The van der Waals surface area contributed by atoms with Crippen LogP contribution in [0.25, 0.3) is 0 Å². The number of hydrogen-bond acceptors (Lipinski definition) is 1. The molecule has 1 aliphatic rings. The highest BCUT2D eigenvalue weighted by atomic mass is 15.1. The van der Waals surface area contributed by atoms with E-state index in [1.54, 1.807) is 0 Å². The Balaban J connectivity index is 0.000000379. The number of fused-ring (bicyclic) bond motifs is 1. The van der Waals surface area contributed by atoms with Crippen LogP contribution < -0.4 is 0 Å². The van der Waals surface area contributed by atoms with Gasteiger partial charge in [0.25, 0.3) is 0 Å². The Morgan fingerprint density at radius 3 is 2.36 bits per heavy atom. The largest absolute Gasteiger partial charge is 0.332 e. The van der Waals surface area contributed by atoms with E-state index < -0.39 is 0 Å². The van der Waals surface area contributed by atoms with Crippen molar-refractivity contribution in [2.45, 2.75) is 60.4 Å². The molecule has 2 rings (SSSR count). The van der Waals surface area contributed by atoms with Crippen LogP contribution in [0, 0.1) is 6.92 Å². The molecule has 1 aromatic heterocycles. The summed E-state index contributed by atoms with van der Waals surface area (Å²) in [4.78, 5) is 4.26. The molecule has 1 aliphatic heterocycles. The summed E-state index contributed by atoms with van der Waals surface area (Å²) in [7, 11) is 0. The van der Waals surface area contributed by atoms with Crippen molar-refractivity contribution in [3.8, 4) is 0 Å². The number of imidazole rings is 1. The first-order valence-electron chi connectivity index (χ1n) is 5.89. The zero-order chi connectivity index (χ0) is 11.0. The maximum absolute atomic E-state index is 4.26. The molecule has 0 amide bonds. The zero-order valence-corrected chi connectivity index (χ0v) is 10.3. The minimum atomic E-state index is 1.18. The van der Waals surface area contributed by atoms with Crippen LogP contribution in [0.3, 0.4) is 0 Å². The summed E-state index contributed by atoms with van der Waals surface area (Å²) in [6, 6.07) is 0. The quantitative estimate of drug-likeness (QED) is 0.620. The molecule has 0 aliphatic carbocycles. The van der Waals surface area contributed by atoms with Crippen molar-refractivity contribution in [1.29, 1.82) is 0 Å². The lowest BCUT2D eigenvalue weighted by Crippen LogP contribution is -2.10. The van der Waals surface area contributed by atoms with Crippen LogP contribution in [0.2, 0.25) is 0 Å². The highest BCUT2D eigenvalue weighted by Crippen LogP contribution is 2.15. The number of aryl methyl sites for hydroxylation is 2. The number of nitrogens with zero attached hydrogens (tertiary/aromatic N) is 2. The molecule has 0 radical (unpaired) electrons. The van der Waals surface area contributed by atoms with Crippen molar-refractivity contribution in [3.05, 3.63) is 17.7 Å². The van der Waals surface area contributed by atoms with E-state index >= 15 is 0 Å². The fraction of sp³-hybridized carbons (Fsp3) is 0.750. The van der Waals surface area contributed by atoms with Crippen molar-refractivity contribution in [1.82, 2.24) is 9.55 Å². The van der Waals surface area contributed by atoms with Crippen molar-refractivity contribution >= 4 is 0 Å². The molecule has 2 nitrogen and oxygen atoms in total. The van der Waals surface area contributed by atoms with Gasteiger partial charge in [0.05, 0.1) is 0 Å². The lowest BCUT2D eigenvalue weighted by Gasteiger charge is -2.14. The fourth-order valence-corrected chi connectivity index (χ4v) is 1.60. The van der Waals surface area contributed by atoms with Crippen molar-refractivity contribution in [3.63, 3.8) is 0 Å². The molecular formula is C12H24N2. The Bertz CT molecular complexity index is 238.